The van der Waals surface area contributed by atoms with Crippen molar-refractivity contribution in [3.8, 4) is 34.1 Å². The molecule has 3 aromatic carbocycles. The molecule has 3 aromatic heterocycles. The van der Waals surface area contributed by atoms with Gasteiger partial charge in [-0.1, -0.05) is 74.6 Å². The molecule has 0 aliphatic rings. The highest BCUT2D eigenvalue weighted by molar-refractivity contribution is 7.15. The Morgan fingerprint density at radius 2 is 1.64 bits per heavy atom. The number of rotatable bonds is 6. The van der Waals surface area contributed by atoms with E-state index in [1.807, 2.05) is 92.3 Å². The third kappa shape index (κ3) is 5.37. The minimum absolute atomic E-state index is 0.0587. The largest absolute Gasteiger partial charge is 0.491 e. The van der Waals surface area contributed by atoms with E-state index in [4.69, 9.17) is 14.8 Å². The van der Waals surface area contributed by atoms with E-state index in [-0.39, 0.29) is 17.1 Å². The number of aromatic nitrogens is 5. The Hall–Kier alpha value is -4.56. The van der Waals surface area contributed by atoms with E-state index in [9.17, 15) is 4.79 Å². The molecular formula is C34H33N5O2S. The maximum Gasteiger partial charge on any atom is 0.291 e. The smallest absolute Gasteiger partial charge is 0.291 e. The molecule has 0 fully saturated rings. The van der Waals surface area contributed by atoms with Gasteiger partial charge in [-0.2, -0.15) is 14.6 Å². The first kappa shape index (κ1) is 27.6. The Morgan fingerprint density at radius 1 is 0.929 bits per heavy atom. The first-order valence-corrected chi connectivity index (χ1v) is 14.8. The Morgan fingerprint density at radius 3 is 2.29 bits per heavy atom. The van der Waals surface area contributed by atoms with Crippen molar-refractivity contribution in [3.05, 3.63) is 111 Å². The molecule has 6 rings (SSSR count). The molecule has 42 heavy (non-hydrogen) atoms. The van der Waals surface area contributed by atoms with Crippen LogP contribution >= 0.6 is 11.3 Å². The highest BCUT2D eigenvalue weighted by atomic mass is 32.1. The number of benzene rings is 3. The number of nitrogens with zero attached hydrogens (tertiary/aromatic N) is 5. The lowest BCUT2D eigenvalue weighted by Gasteiger charge is -2.18. The lowest BCUT2D eigenvalue weighted by atomic mass is 9.87. The van der Waals surface area contributed by atoms with Crippen LogP contribution in [0.2, 0.25) is 0 Å². The molecule has 7 nitrogen and oxygen atoms in total. The molecule has 0 saturated heterocycles. The van der Waals surface area contributed by atoms with Crippen LogP contribution < -0.4 is 14.8 Å². The number of hydrogen-bond acceptors (Lipinski definition) is 6. The Balaban J connectivity index is 1.42. The fourth-order valence-corrected chi connectivity index (χ4v) is 5.73. The average Bonchev–Trinajstić information content (AvgIpc) is 3.65. The zero-order chi connectivity index (χ0) is 29.6. The quantitative estimate of drug-likeness (QED) is 0.223. The van der Waals surface area contributed by atoms with Crippen LogP contribution in [-0.2, 0) is 5.41 Å². The van der Waals surface area contributed by atoms with E-state index in [1.54, 1.807) is 0 Å². The second kappa shape index (κ2) is 10.7. The molecule has 0 atom stereocenters. The van der Waals surface area contributed by atoms with Crippen LogP contribution in [0.1, 0.15) is 51.3 Å². The van der Waals surface area contributed by atoms with Crippen LogP contribution in [0.4, 0.5) is 0 Å². The summed E-state index contributed by atoms with van der Waals surface area (Å²) in [6.45, 7) is 12.6. The average molecular weight is 576 g/mol. The van der Waals surface area contributed by atoms with Gasteiger partial charge in [0.05, 0.1) is 16.3 Å². The maximum atomic E-state index is 13.5. The van der Waals surface area contributed by atoms with Gasteiger partial charge in [0, 0.05) is 22.9 Å². The fourth-order valence-electron chi connectivity index (χ4n) is 4.83. The summed E-state index contributed by atoms with van der Waals surface area (Å²) in [6.07, 6.45) is 3.92. The topological polar surface area (TPSA) is 74.3 Å². The van der Waals surface area contributed by atoms with Crippen LogP contribution in [0, 0.1) is 6.92 Å². The van der Waals surface area contributed by atoms with Gasteiger partial charge in [0.25, 0.3) is 5.56 Å². The summed E-state index contributed by atoms with van der Waals surface area (Å²) in [5, 5.41) is 9.50. The molecule has 3 heterocycles. The number of hydrogen-bond donors (Lipinski definition) is 0. The first-order valence-electron chi connectivity index (χ1n) is 14.0. The van der Waals surface area contributed by atoms with Crippen molar-refractivity contribution in [3.63, 3.8) is 0 Å². The van der Waals surface area contributed by atoms with Gasteiger partial charge in [-0.25, -0.2) is 4.68 Å². The van der Waals surface area contributed by atoms with E-state index in [0.29, 0.717) is 15.3 Å². The molecule has 0 radical (unpaired) electrons. The van der Waals surface area contributed by atoms with Crippen molar-refractivity contribution in [2.24, 2.45) is 0 Å². The molecule has 0 amide bonds. The van der Waals surface area contributed by atoms with Gasteiger partial charge >= 0.3 is 0 Å². The molecular weight excluding hydrogens is 542 g/mol. The highest BCUT2D eigenvalue weighted by Crippen LogP contribution is 2.30. The van der Waals surface area contributed by atoms with Crippen molar-refractivity contribution in [2.75, 3.05) is 0 Å². The minimum Gasteiger partial charge on any atom is -0.491 e. The normalized spacial score (nSPS) is 12.5. The monoisotopic (exact) mass is 575 g/mol. The third-order valence-electron chi connectivity index (χ3n) is 7.05. The number of ether oxygens (including phenoxy) is 1. The number of para-hydroxylation sites is 1. The van der Waals surface area contributed by atoms with Gasteiger partial charge in [0.2, 0.25) is 4.96 Å². The van der Waals surface area contributed by atoms with Gasteiger partial charge in [-0.3, -0.25) is 4.79 Å². The SMILES string of the molecule is Cc1cc(-c2nn(-c3ccccc3)cc2/C=c2\sc3nc(-c4ccc(C(C)(C)C)cc4)nn3c2=O)ccc1OC(C)C. The van der Waals surface area contributed by atoms with Crippen LogP contribution in [0.5, 0.6) is 5.75 Å². The molecule has 0 unspecified atom stereocenters. The zero-order valence-electron chi connectivity index (χ0n) is 24.6. The Labute approximate surface area is 248 Å². The number of thiazole rings is 1. The summed E-state index contributed by atoms with van der Waals surface area (Å²) in [5.41, 5.74) is 6.48. The van der Waals surface area contributed by atoms with Gasteiger partial charge in [-0.15, -0.1) is 5.10 Å². The van der Waals surface area contributed by atoms with Crippen molar-refractivity contribution in [1.29, 1.82) is 0 Å². The lowest BCUT2D eigenvalue weighted by molar-refractivity contribution is 0.241. The Kier molecular flexibility index (Phi) is 7.02. The second-order valence-corrected chi connectivity index (χ2v) is 12.7. The van der Waals surface area contributed by atoms with Crippen LogP contribution in [-0.4, -0.2) is 30.5 Å². The maximum absolute atomic E-state index is 13.5. The third-order valence-corrected chi connectivity index (χ3v) is 8.01. The van der Waals surface area contributed by atoms with E-state index < -0.39 is 0 Å². The van der Waals surface area contributed by atoms with E-state index in [0.717, 1.165) is 39.4 Å². The molecule has 0 spiro atoms. The van der Waals surface area contributed by atoms with E-state index in [2.05, 4.69) is 44.1 Å². The summed E-state index contributed by atoms with van der Waals surface area (Å²) < 4.78 is 9.73. The molecule has 0 saturated carbocycles. The van der Waals surface area contributed by atoms with Gasteiger partial charge in [0.1, 0.15) is 11.4 Å². The predicted octanol–water partition coefficient (Wildman–Crippen LogP) is 6.61. The predicted molar refractivity (Wildman–Crippen MR) is 170 cm³/mol. The highest BCUT2D eigenvalue weighted by Gasteiger charge is 2.17. The van der Waals surface area contributed by atoms with E-state index in [1.165, 1.54) is 21.4 Å². The Bertz CT molecular complexity index is 2000. The number of aryl methyl sites for hydroxylation is 1. The minimum atomic E-state index is -0.199. The van der Waals surface area contributed by atoms with Crippen LogP contribution in [0.3, 0.4) is 0 Å². The molecule has 0 bridgehead atoms. The van der Waals surface area contributed by atoms with Crippen LogP contribution in [0.15, 0.2) is 83.8 Å². The van der Waals surface area contributed by atoms with Gasteiger partial charge < -0.3 is 4.74 Å². The van der Waals surface area contributed by atoms with Gasteiger partial charge in [0.15, 0.2) is 5.82 Å². The van der Waals surface area contributed by atoms with Crippen LogP contribution in [0.25, 0.3) is 39.4 Å². The second-order valence-electron chi connectivity index (χ2n) is 11.7. The molecule has 0 N–H and O–H groups in total. The van der Waals surface area contributed by atoms with Gasteiger partial charge in [-0.05, 0) is 73.7 Å². The number of fused-ring (bicyclic) bond motifs is 1. The lowest BCUT2D eigenvalue weighted by Crippen LogP contribution is -2.23. The first-order chi connectivity index (χ1) is 20.1. The van der Waals surface area contributed by atoms with Crippen molar-refractivity contribution >= 4 is 22.4 Å². The van der Waals surface area contributed by atoms with Crippen molar-refractivity contribution in [2.45, 2.75) is 53.1 Å². The molecule has 0 aliphatic carbocycles. The summed E-state index contributed by atoms with van der Waals surface area (Å²) >= 11 is 1.33. The fraction of sp³-hybridized carbons (Fsp3) is 0.235. The van der Waals surface area contributed by atoms with Crippen molar-refractivity contribution in [1.82, 2.24) is 24.4 Å². The summed E-state index contributed by atoms with van der Waals surface area (Å²) in [4.78, 5) is 18.7. The summed E-state index contributed by atoms with van der Waals surface area (Å²) in [5.74, 6) is 1.39. The van der Waals surface area contributed by atoms with E-state index >= 15 is 0 Å². The molecule has 6 aromatic rings. The zero-order valence-corrected chi connectivity index (χ0v) is 25.4. The summed E-state index contributed by atoms with van der Waals surface area (Å²) in [6, 6.07) is 24.2. The van der Waals surface area contributed by atoms with Crippen molar-refractivity contribution < 1.29 is 4.74 Å². The molecule has 0 aliphatic heterocycles. The molecule has 8 heteroatoms. The molecule has 212 valence electrons. The summed E-state index contributed by atoms with van der Waals surface area (Å²) in [7, 11) is 0. The standard InChI is InChI=1S/C34H33N5O2S/c1-21(2)41-28-17-14-24(18-22(28)3)30-25(20-38(36-30)27-10-8-7-9-11-27)19-29-32(40)39-33(42-29)35-31(37-39)23-12-15-26(16-13-23)34(4,5)6/h7-21H,1-6H3/b29-19-.